The van der Waals surface area contributed by atoms with E-state index in [0.29, 0.717) is 23.0 Å². The minimum atomic E-state index is 0.348. The highest BCUT2D eigenvalue weighted by Gasteiger charge is 2.54. The molecule has 2 fully saturated rings. The second-order valence-electron chi connectivity index (χ2n) is 10.6. The first-order chi connectivity index (χ1) is 14.9. The lowest BCUT2D eigenvalue weighted by Crippen LogP contribution is -2.43. The average molecular weight is 426 g/mol. The Balaban J connectivity index is 1.46. The summed E-state index contributed by atoms with van der Waals surface area (Å²) in [5.41, 5.74) is 5.99. The maximum Gasteiger partial charge on any atom is 0.118 e. The van der Waals surface area contributed by atoms with Crippen LogP contribution in [0.25, 0.3) is 0 Å². The van der Waals surface area contributed by atoms with E-state index in [0.717, 1.165) is 56.7 Å². The van der Waals surface area contributed by atoms with Crippen molar-refractivity contribution in [2.75, 3.05) is 32.8 Å². The van der Waals surface area contributed by atoms with Crippen molar-refractivity contribution in [3.05, 3.63) is 40.5 Å². The summed E-state index contributed by atoms with van der Waals surface area (Å²) in [6, 6.07) is 4.35. The van der Waals surface area contributed by atoms with Crippen LogP contribution in [0.1, 0.15) is 76.0 Å². The number of aromatic hydroxyl groups is 1. The summed E-state index contributed by atoms with van der Waals surface area (Å²) in [5, 5.41) is 10.2. The van der Waals surface area contributed by atoms with Gasteiger partial charge >= 0.3 is 0 Å². The van der Waals surface area contributed by atoms with Crippen molar-refractivity contribution in [1.82, 2.24) is 4.90 Å². The van der Waals surface area contributed by atoms with E-state index in [1.807, 2.05) is 6.92 Å². The second-order valence-corrected chi connectivity index (χ2v) is 10.6. The number of fused-ring (bicyclic) bond motifs is 5. The summed E-state index contributed by atoms with van der Waals surface area (Å²) in [7, 11) is 0. The highest BCUT2D eigenvalue weighted by molar-refractivity contribution is 5.45. The Morgan fingerprint density at radius 1 is 1.23 bits per heavy atom. The van der Waals surface area contributed by atoms with Crippen LogP contribution in [0.3, 0.4) is 0 Å². The van der Waals surface area contributed by atoms with Crippen LogP contribution >= 0.6 is 0 Å². The van der Waals surface area contributed by atoms with Gasteiger partial charge in [-0.05, 0) is 104 Å². The molecule has 3 aliphatic rings. The standard InChI is InChI=1S/C28H43NO2/c1-6-29(7-2)13-15-31-14-11-22-8-9-25-27-20(4)16-21-18-26(30)19(3)17-24(21)23(27)10-12-28(22,25)5/h11,17-18,20,23,25,27,30H,6-10,12-16H2,1-5H3/b22-11+. The van der Waals surface area contributed by atoms with Crippen molar-refractivity contribution in [2.24, 2.45) is 23.2 Å². The zero-order chi connectivity index (χ0) is 22.2. The number of phenols is 1. The van der Waals surface area contributed by atoms with Gasteiger partial charge < -0.3 is 14.7 Å². The van der Waals surface area contributed by atoms with Gasteiger partial charge in [0.1, 0.15) is 5.75 Å². The molecule has 0 amide bonds. The third-order valence-electron chi connectivity index (χ3n) is 9.13. The van der Waals surface area contributed by atoms with Gasteiger partial charge in [-0.25, -0.2) is 0 Å². The monoisotopic (exact) mass is 425 g/mol. The van der Waals surface area contributed by atoms with E-state index in [2.05, 4.69) is 50.8 Å². The third-order valence-corrected chi connectivity index (χ3v) is 9.13. The van der Waals surface area contributed by atoms with Gasteiger partial charge in [-0.1, -0.05) is 45.4 Å². The smallest absolute Gasteiger partial charge is 0.118 e. The summed E-state index contributed by atoms with van der Waals surface area (Å²) >= 11 is 0. The molecule has 1 aromatic carbocycles. The van der Waals surface area contributed by atoms with Crippen LogP contribution in [0.2, 0.25) is 0 Å². The lowest BCUT2D eigenvalue weighted by Gasteiger charge is -2.52. The van der Waals surface area contributed by atoms with Crippen LogP contribution in [-0.2, 0) is 11.2 Å². The van der Waals surface area contributed by atoms with E-state index >= 15 is 0 Å². The number of allylic oxidation sites excluding steroid dienone is 1. The molecule has 31 heavy (non-hydrogen) atoms. The van der Waals surface area contributed by atoms with E-state index in [1.165, 1.54) is 36.8 Å². The quantitative estimate of drug-likeness (QED) is 0.424. The minimum Gasteiger partial charge on any atom is -0.508 e. The van der Waals surface area contributed by atoms with E-state index in [4.69, 9.17) is 4.74 Å². The molecule has 3 nitrogen and oxygen atoms in total. The van der Waals surface area contributed by atoms with Gasteiger partial charge in [-0.2, -0.15) is 0 Å². The molecule has 0 spiro atoms. The first-order valence-electron chi connectivity index (χ1n) is 12.7. The summed E-state index contributed by atoms with van der Waals surface area (Å²) in [5.74, 6) is 3.38. The fourth-order valence-electron chi connectivity index (χ4n) is 7.28. The van der Waals surface area contributed by atoms with E-state index in [1.54, 1.807) is 5.57 Å². The molecule has 1 N–H and O–H groups in total. The molecule has 0 aliphatic heterocycles. The SMILES string of the molecule is CCN(CC)CCOC/C=C1\CCC2C3C(C)Cc4cc(O)c(C)cc4C3CCC12C. The van der Waals surface area contributed by atoms with Crippen LogP contribution in [-0.4, -0.2) is 42.9 Å². The number of benzene rings is 1. The van der Waals surface area contributed by atoms with Gasteiger partial charge in [-0.3, -0.25) is 0 Å². The molecule has 0 aromatic heterocycles. The molecule has 0 bridgehead atoms. The third kappa shape index (κ3) is 4.20. The van der Waals surface area contributed by atoms with E-state index < -0.39 is 0 Å². The lowest BCUT2D eigenvalue weighted by molar-refractivity contribution is 0.0483. The normalized spacial score (nSPS) is 33.4. The Kier molecular flexibility index (Phi) is 6.84. The van der Waals surface area contributed by atoms with Gasteiger partial charge in [0.15, 0.2) is 0 Å². The van der Waals surface area contributed by atoms with Gasteiger partial charge in [0, 0.05) is 6.54 Å². The molecule has 1 aromatic rings. The summed E-state index contributed by atoms with van der Waals surface area (Å²) < 4.78 is 6.01. The van der Waals surface area contributed by atoms with E-state index in [-0.39, 0.29) is 0 Å². The van der Waals surface area contributed by atoms with E-state index in [9.17, 15) is 5.11 Å². The first-order valence-corrected chi connectivity index (χ1v) is 12.7. The van der Waals surface area contributed by atoms with Crippen molar-refractivity contribution in [2.45, 2.75) is 72.6 Å². The number of hydrogen-bond acceptors (Lipinski definition) is 3. The minimum absolute atomic E-state index is 0.348. The fraction of sp³-hybridized carbons (Fsp3) is 0.714. The maximum atomic E-state index is 10.2. The van der Waals surface area contributed by atoms with Gasteiger partial charge in [0.05, 0.1) is 13.2 Å². The molecule has 4 rings (SSSR count). The summed E-state index contributed by atoms with van der Waals surface area (Å²) in [4.78, 5) is 2.42. The predicted octanol–water partition coefficient (Wildman–Crippen LogP) is 6.09. The van der Waals surface area contributed by atoms with Crippen LogP contribution in [0.5, 0.6) is 5.75 Å². The van der Waals surface area contributed by atoms with Gasteiger partial charge in [0.2, 0.25) is 0 Å². The van der Waals surface area contributed by atoms with Crippen molar-refractivity contribution in [3.8, 4) is 5.75 Å². The predicted molar refractivity (Wildman–Crippen MR) is 129 cm³/mol. The molecule has 2 saturated carbocycles. The second kappa shape index (κ2) is 9.27. The number of phenolic OH excluding ortho intramolecular Hbond substituents is 1. The number of likely N-dealkylation sites (N-methyl/N-ethyl adjacent to an activating group) is 1. The molecule has 3 aliphatic carbocycles. The molecule has 0 heterocycles. The molecule has 0 radical (unpaired) electrons. The highest BCUT2D eigenvalue weighted by Crippen LogP contribution is 2.64. The largest absolute Gasteiger partial charge is 0.508 e. The molecule has 5 atom stereocenters. The topological polar surface area (TPSA) is 32.7 Å². The molecular weight excluding hydrogens is 382 g/mol. The average Bonchev–Trinajstić information content (AvgIpc) is 3.08. The Labute approximate surface area is 189 Å². The molecular formula is C28H43NO2. The van der Waals surface area contributed by atoms with Crippen LogP contribution < -0.4 is 0 Å². The number of nitrogens with zero attached hydrogens (tertiary/aromatic N) is 1. The first kappa shape index (κ1) is 22.9. The molecule has 5 unspecified atom stereocenters. The molecule has 172 valence electrons. The van der Waals surface area contributed by atoms with Gasteiger partial charge in [0.25, 0.3) is 0 Å². The van der Waals surface area contributed by atoms with Crippen LogP contribution in [0.15, 0.2) is 23.8 Å². The van der Waals surface area contributed by atoms with Crippen LogP contribution in [0, 0.1) is 30.1 Å². The maximum absolute atomic E-state index is 10.2. The zero-order valence-electron chi connectivity index (χ0n) is 20.4. The number of rotatable bonds is 7. The zero-order valence-corrected chi connectivity index (χ0v) is 20.4. The Morgan fingerprint density at radius 2 is 2.00 bits per heavy atom. The number of ether oxygens (including phenoxy) is 1. The van der Waals surface area contributed by atoms with Gasteiger partial charge in [-0.15, -0.1) is 0 Å². The Bertz CT molecular complexity index is 811. The summed E-state index contributed by atoms with van der Waals surface area (Å²) in [6.07, 6.45) is 8.70. The fourth-order valence-corrected chi connectivity index (χ4v) is 7.28. The lowest BCUT2D eigenvalue weighted by atomic mass is 9.52. The Hall–Kier alpha value is -1.32. The number of hydrogen-bond donors (Lipinski definition) is 1. The molecule has 0 saturated heterocycles. The van der Waals surface area contributed by atoms with Crippen LogP contribution in [0.4, 0.5) is 0 Å². The van der Waals surface area contributed by atoms with Crippen molar-refractivity contribution in [3.63, 3.8) is 0 Å². The highest BCUT2D eigenvalue weighted by atomic mass is 16.5. The molecule has 3 heteroatoms. The Morgan fingerprint density at radius 3 is 2.74 bits per heavy atom. The summed E-state index contributed by atoms with van der Waals surface area (Å²) in [6.45, 7) is 16.3. The van der Waals surface area contributed by atoms with Crippen molar-refractivity contribution in [1.29, 1.82) is 0 Å². The number of aryl methyl sites for hydroxylation is 1. The van der Waals surface area contributed by atoms with Crippen molar-refractivity contribution >= 4 is 0 Å². The van der Waals surface area contributed by atoms with Crippen molar-refractivity contribution < 1.29 is 9.84 Å².